The number of hydrogen-bond donors (Lipinski definition) is 3. The van der Waals surface area contributed by atoms with E-state index in [2.05, 4.69) is 5.32 Å². The fraction of sp³-hybridized carbons (Fsp3) is 0.714. The van der Waals surface area contributed by atoms with Crippen LogP contribution in [-0.2, 0) is 4.79 Å². The summed E-state index contributed by atoms with van der Waals surface area (Å²) < 4.78 is 0. The van der Waals surface area contributed by atoms with Gasteiger partial charge in [-0.3, -0.25) is 10.2 Å². The van der Waals surface area contributed by atoms with Gasteiger partial charge in [-0.25, -0.2) is 10.6 Å². The second-order valence-electron chi connectivity index (χ2n) is 2.42. The van der Waals surface area contributed by atoms with Gasteiger partial charge < -0.3 is 10.2 Å². The highest BCUT2D eigenvalue weighted by Crippen LogP contribution is 1.87. The molecule has 0 saturated heterocycles. The van der Waals surface area contributed by atoms with Crippen LogP contribution < -0.4 is 16.6 Å². The fourth-order valence-corrected chi connectivity index (χ4v) is 0.845. The minimum atomic E-state index is -0.450. The molecule has 0 aromatic heterocycles. The highest BCUT2D eigenvalue weighted by Gasteiger charge is 2.12. The van der Waals surface area contributed by atoms with Crippen LogP contribution in [0.3, 0.4) is 0 Å². The number of urea groups is 1. The van der Waals surface area contributed by atoms with E-state index in [4.69, 9.17) is 5.84 Å². The Bertz CT molecular complexity index is 183. The van der Waals surface area contributed by atoms with Gasteiger partial charge in [-0.1, -0.05) is 0 Å². The third-order valence-corrected chi connectivity index (χ3v) is 1.50. The van der Waals surface area contributed by atoms with Crippen molar-refractivity contribution in [1.82, 2.24) is 15.6 Å². The van der Waals surface area contributed by atoms with E-state index in [0.29, 0.717) is 13.1 Å². The first-order chi connectivity index (χ1) is 6.15. The van der Waals surface area contributed by atoms with Gasteiger partial charge in [0, 0.05) is 13.1 Å². The Balaban J connectivity index is 3.97. The number of nitrogens with zero attached hydrogens (tertiary/aromatic N) is 1. The van der Waals surface area contributed by atoms with Crippen LogP contribution in [0.1, 0.15) is 13.8 Å². The third kappa shape index (κ3) is 4.32. The molecular formula is C7H16N4O2. The zero-order valence-corrected chi connectivity index (χ0v) is 7.96. The molecule has 0 spiro atoms. The van der Waals surface area contributed by atoms with Crippen molar-refractivity contribution in [3.05, 3.63) is 0 Å². The van der Waals surface area contributed by atoms with E-state index in [0.717, 1.165) is 0 Å². The molecule has 0 unspecified atom stereocenters. The molecule has 0 bridgehead atoms. The normalized spacial score (nSPS) is 9.15. The lowest BCUT2D eigenvalue weighted by Gasteiger charge is -2.18. The molecule has 0 heterocycles. The monoisotopic (exact) mass is 188 g/mol. The molecule has 0 aromatic carbocycles. The fourth-order valence-electron chi connectivity index (χ4n) is 0.845. The summed E-state index contributed by atoms with van der Waals surface area (Å²) in [7, 11) is 0. The number of nitrogens with one attached hydrogen (secondary N) is 2. The maximum absolute atomic E-state index is 11.1. The number of hydrazine groups is 1. The Labute approximate surface area is 77.4 Å². The van der Waals surface area contributed by atoms with Crippen molar-refractivity contribution in [3.63, 3.8) is 0 Å². The van der Waals surface area contributed by atoms with Gasteiger partial charge in [-0.2, -0.15) is 0 Å². The Hall–Kier alpha value is -1.30. The summed E-state index contributed by atoms with van der Waals surface area (Å²) in [6, 6.07) is -0.450. The number of rotatable bonds is 4. The summed E-state index contributed by atoms with van der Waals surface area (Å²) in [6.45, 7) is 4.62. The standard InChI is InChI=1S/C7H16N4O2/c1-3-9-6(12)5-11(4-2)7(13)10-8/h3-5,8H2,1-2H3,(H,9,12)(H,10,13). The lowest BCUT2D eigenvalue weighted by atomic mass is 10.5. The topological polar surface area (TPSA) is 87.5 Å². The average molecular weight is 188 g/mol. The third-order valence-electron chi connectivity index (χ3n) is 1.50. The first-order valence-corrected chi connectivity index (χ1v) is 4.17. The molecule has 0 aromatic rings. The minimum Gasteiger partial charge on any atom is -0.355 e. The van der Waals surface area contributed by atoms with Crippen molar-refractivity contribution >= 4 is 11.9 Å². The van der Waals surface area contributed by atoms with E-state index in [1.807, 2.05) is 12.3 Å². The number of carbonyl (C=O) groups excluding carboxylic acids is 2. The van der Waals surface area contributed by atoms with E-state index in [9.17, 15) is 9.59 Å². The SMILES string of the molecule is CCNC(=O)CN(CC)C(=O)NN. The molecule has 76 valence electrons. The molecule has 6 nitrogen and oxygen atoms in total. The predicted molar refractivity (Wildman–Crippen MR) is 48.6 cm³/mol. The van der Waals surface area contributed by atoms with Gasteiger partial charge in [0.15, 0.2) is 0 Å². The first kappa shape index (κ1) is 11.7. The lowest BCUT2D eigenvalue weighted by Crippen LogP contribution is -2.47. The maximum Gasteiger partial charge on any atom is 0.331 e. The van der Waals surface area contributed by atoms with Crippen LogP contribution in [0.15, 0.2) is 0 Å². The Kier molecular flexibility index (Phi) is 5.62. The molecule has 0 aliphatic rings. The van der Waals surface area contributed by atoms with Crippen molar-refractivity contribution in [2.45, 2.75) is 13.8 Å². The molecule has 13 heavy (non-hydrogen) atoms. The molecular weight excluding hydrogens is 172 g/mol. The van der Waals surface area contributed by atoms with Crippen LogP contribution in [0.25, 0.3) is 0 Å². The van der Waals surface area contributed by atoms with E-state index < -0.39 is 6.03 Å². The molecule has 0 atom stereocenters. The summed E-state index contributed by atoms with van der Waals surface area (Å²) in [5, 5.41) is 2.59. The number of nitrogens with two attached hydrogens (primary N) is 1. The Morgan fingerprint density at radius 1 is 1.38 bits per heavy atom. The summed E-state index contributed by atoms with van der Waals surface area (Å²) in [5.41, 5.74) is 1.97. The maximum atomic E-state index is 11.1. The molecule has 0 fully saturated rings. The van der Waals surface area contributed by atoms with Crippen LogP contribution in [0.5, 0.6) is 0 Å². The quantitative estimate of drug-likeness (QED) is 0.301. The summed E-state index contributed by atoms with van der Waals surface area (Å²) in [6.07, 6.45) is 0. The number of amides is 3. The summed E-state index contributed by atoms with van der Waals surface area (Å²) >= 11 is 0. The van der Waals surface area contributed by atoms with Crippen LogP contribution >= 0.6 is 0 Å². The van der Waals surface area contributed by atoms with Crippen molar-refractivity contribution in [2.24, 2.45) is 5.84 Å². The van der Waals surface area contributed by atoms with Crippen molar-refractivity contribution in [1.29, 1.82) is 0 Å². The smallest absolute Gasteiger partial charge is 0.331 e. The van der Waals surface area contributed by atoms with Crippen LogP contribution in [0.4, 0.5) is 4.79 Å². The van der Waals surface area contributed by atoms with Gasteiger partial charge >= 0.3 is 6.03 Å². The summed E-state index contributed by atoms with van der Waals surface area (Å²) in [4.78, 5) is 23.4. The van der Waals surface area contributed by atoms with Gasteiger partial charge in [0.25, 0.3) is 0 Å². The zero-order chi connectivity index (χ0) is 10.3. The predicted octanol–water partition coefficient (Wildman–Crippen LogP) is -0.972. The van der Waals surface area contributed by atoms with Crippen LogP contribution in [0.2, 0.25) is 0 Å². The molecule has 4 N–H and O–H groups in total. The second-order valence-corrected chi connectivity index (χ2v) is 2.42. The first-order valence-electron chi connectivity index (χ1n) is 4.17. The Morgan fingerprint density at radius 3 is 2.38 bits per heavy atom. The molecule has 0 radical (unpaired) electrons. The Morgan fingerprint density at radius 2 is 2.00 bits per heavy atom. The zero-order valence-electron chi connectivity index (χ0n) is 7.96. The summed E-state index contributed by atoms with van der Waals surface area (Å²) in [5.74, 6) is 4.74. The molecule has 0 saturated carbocycles. The van der Waals surface area contributed by atoms with Gasteiger partial charge in [-0.05, 0) is 13.8 Å². The van der Waals surface area contributed by atoms with Crippen molar-refractivity contribution in [2.75, 3.05) is 19.6 Å². The van der Waals surface area contributed by atoms with E-state index in [-0.39, 0.29) is 12.5 Å². The van der Waals surface area contributed by atoms with E-state index >= 15 is 0 Å². The van der Waals surface area contributed by atoms with Gasteiger partial charge in [-0.15, -0.1) is 0 Å². The van der Waals surface area contributed by atoms with Crippen LogP contribution in [0, 0.1) is 0 Å². The highest BCUT2D eigenvalue weighted by molar-refractivity contribution is 5.83. The van der Waals surface area contributed by atoms with E-state index in [1.165, 1.54) is 4.90 Å². The number of carbonyl (C=O) groups is 2. The molecule has 3 amide bonds. The van der Waals surface area contributed by atoms with Crippen LogP contribution in [-0.4, -0.2) is 36.5 Å². The minimum absolute atomic E-state index is 0.0351. The molecule has 0 rings (SSSR count). The number of hydrogen-bond acceptors (Lipinski definition) is 3. The van der Waals surface area contributed by atoms with Gasteiger partial charge in [0.2, 0.25) is 5.91 Å². The molecule has 0 aliphatic heterocycles. The van der Waals surface area contributed by atoms with Gasteiger partial charge in [0.1, 0.15) is 6.54 Å². The average Bonchev–Trinajstić information content (AvgIpc) is 2.13. The highest BCUT2D eigenvalue weighted by atomic mass is 16.2. The molecule has 0 aliphatic carbocycles. The largest absolute Gasteiger partial charge is 0.355 e. The second kappa shape index (κ2) is 6.24. The van der Waals surface area contributed by atoms with Crippen molar-refractivity contribution < 1.29 is 9.59 Å². The van der Waals surface area contributed by atoms with Crippen molar-refractivity contribution in [3.8, 4) is 0 Å². The van der Waals surface area contributed by atoms with Gasteiger partial charge in [0.05, 0.1) is 0 Å². The molecule has 6 heteroatoms. The van der Waals surface area contributed by atoms with E-state index in [1.54, 1.807) is 6.92 Å². The lowest BCUT2D eigenvalue weighted by molar-refractivity contribution is -0.121. The number of likely N-dealkylation sites (N-methyl/N-ethyl adjacent to an activating group) is 2.